The monoisotopic (exact) mass is 396 g/mol. The average molecular weight is 397 g/mol. The first kappa shape index (κ1) is 20.1. The van der Waals surface area contributed by atoms with Gasteiger partial charge in [-0.1, -0.05) is 23.7 Å². The van der Waals surface area contributed by atoms with Gasteiger partial charge in [0.05, 0.1) is 25.6 Å². The zero-order chi connectivity index (χ0) is 19.3. The van der Waals surface area contributed by atoms with E-state index in [1.54, 1.807) is 36.4 Å². The normalized spacial score (nSPS) is 11.1. The fourth-order valence-corrected chi connectivity index (χ4v) is 3.58. The van der Waals surface area contributed by atoms with Gasteiger partial charge in [0.2, 0.25) is 10.0 Å². The van der Waals surface area contributed by atoms with Crippen LogP contribution in [0.15, 0.2) is 42.5 Å². The highest BCUT2D eigenvalue weighted by Gasteiger charge is 2.21. The zero-order valence-electron chi connectivity index (χ0n) is 14.8. The fourth-order valence-electron chi connectivity index (χ4n) is 2.46. The minimum absolute atomic E-state index is 0.0744. The molecule has 0 saturated carbocycles. The molecule has 6 nitrogen and oxygen atoms in total. The molecule has 0 saturated heterocycles. The second kappa shape index (κ2) is 8.42. The molecule has 0 fully saturated rings. The van der Waals surface area contributed by atoms with E-state index < -0.39 is 10.0 Å². The summed E-state index contributed by atoms with van der Waals surface area (Å²) < 4.78 is 31.0. The molecule has 0 bridgehead atoms. The number of anilines is 1. The highest BCUT2D eigenvalue weighted by molar-refractivity contribution is 7.92. The predicted molar refractivity (Wildman–Crippen MR) is 104 cm³/mol. The highest BCUT2D eigenvalue weighted by Crippen LogP contribution is 2.30. The van der Waals surface area contributed by atoms with Crippen LogP contribution in [-0.2, 0) is 10.0 Å². The average Bonchev–Trinajstić information content (AvgIpc) is 2.57. The second-order valence-electron chi connectivity index (χ2n) is 5.78. The SMILES string of the molecule is COc1ccc(C)cc1N(CCNC(=O)c1cccc(Cl)c1)S(C)(=O)=O. The lowest BCUT2D eigenvalue weighted by Gasteiger charge is -2.24. The van der Waals surface area contributed by atoms with E-state index in [9.17, 15) is 13.2 Å². The summed E-state index contributed by atoms with van der Waals surface area (Å²) in [7, 11) is -2.07. The molecule has 2 aromatic rings. The molecular formula is C18H21ClN2O4S. The third-order valence-corrected chi connectivity index (χ3v) is 5.11. The number of benzene rings is 2. The number of carbonyl (C=O) groups is 1. The molecule has 0 aliphatic heterocycles. The van der Waals surface area contributed by atoms with Crippen LogP contribution in [-0.4, -0.2) is 40.8 Å². The Kier molecular flexibility index (Phi) is 6.50. The van der Waals surface area contributed by atoms with Crippen LogP contribution in [0, 0.1) is 6.92 Å². The largest absolute Gasteiger partial charge is 0.495 e. The standard InChI is InChI=1S/C18H21ClN2O4S/c1-13-7-8-17(25-2)16(11-13)21(26(3,23)24)10-9-20-18(22)14-5-4-6-15(19)12-14/h4-8,11-12H,9-10H2,1-3H3,(H,20,22). The van der Waals surface area contributed by atoms with Crippen molar-refractivity contribution >= 4 is 33.2 Å². The maximum atomic E-state index is 12.2. The van der Waals surface area contributed by atoms with Crippen LogP contribution < -0.4 is 14.4 Å². The summed E-state index contributed by atoms with van der Waals surface area (Å²) in [4.78, 5) is 12.2. The van der Waals surface area contributed by atoms with Crippen LogP contribution in [0.3, 0.4) is 0 Å². The Morgan fingerprint density at radius 3 is 2.58 bits per heavy atom. The molecule has 0 radical (unpaired) electrons. The third-order valence-electron chi connectivity index (χ3n) is 3.69. The van der Waals surface area contributed by atoms with Crippen LogP contribution in [0.2, 0.25) is 5.02 Å². The smallest absolute Gasteiger partial charge is 0.251 e. The van der Waals surface area contributed by atoms with Crippen molar-refractivity contribution in [2.45, 2.75) is 6.92 Å². The van der Waals surface area contributed by atoms with Gasteiger partial charge < -0.3 is 10.1 Å². The van der Waals surface area contributed by atoms with Crippen LogP contribution in [0.4, 0.5) is 5.69 Å². The van der Waals surface area contributed by atoms with E-state index in [0.717, 1.165) is 11.8 Å². The number of carbonyl (C=O) groups excluding carboxylic acids is 1. The number of nitrogens with zero attached hydrogens (tertiary/aromatic N) is 1. The molecule has 0 aromatic heterocycles. The topological polar surface area (TPSA) is 75.7 Å². The van der Waals surface area contributed by atoms with Crippen molar-refractivity contribution in [2.75, 3.05) is 30.8 Å². The number of sulfonamides is 1. The summed E-state index contributed by atoms with van der Waals surface area (Å²) in [6, 6.07) is 11.8. The summed E-state index contributed by atoms with van der Waals surface area (Å²) in [6.07, 6.45) is 1.12. The van der Waals surface area contributed by atoms with E-state index in [1.165, 1.54) is 11.4 Å². The van der Waals surface area contributed by atoms with Crippen molar-refractivity contribution in [3.63, 3.8) is 0 Å². The second-order valence-corrected chi connectivity index (χ2v) is 8.12. The van der Waals surface area contributed by atoms with E-state index in [-0.39, 0.29) is 19.0 Å². The number of aryl methyl sites for hydroxylation is 1. The number of rotatable bonds is 7. The first-order chi connectivity index (χ1) is 12.2. The van der Waals surface area contributed by atoms with E-state index in [1.807, 2.05) is 13.0 Å². The molecule has 2 rings (SSSR count). The van der Waals surface area contributed by atoms with Gasteiger partial charge in [-0.05, 0) is 42.8 Å². The first-order valence-corrected chi connectivity index (χ1v) is 10.1. The van der Waals surface area contributed by atoms with Gasteiger partial charge in [0, 0.05) is 17.1 Å². The number of nitrogens with one attached hydrogen (secondary N) is 1. The number of hydrogen-bond donors (Lipinski definition) is 1. The molecule has 0 aliphatic rings. The Morgan fingerprint density at radius 2 is 1.96 bits per heavy atom. The van der Waals surface area contributed by atoms with Crippen molar-refractivity contribution in [1.82, 2.24) is 5.32 Å². The van der Waals surface area contributed by atoms with Crippen LogP contribution in [0.1, 0.15) is 15.9 Å². The Morgan fingerprint density at radius 1 is 1.23 bits per heavy atom. The first-order valence-electron chi connectivity index (χ1n) is 7.88. The molecule has 26 heavy (non-hydrogen) atoms. The lowest BCUT2D eigenvalue weighted by atomic mass is 10.2. The predicted octanol–water partition coefficient (Wildman–Crippen LogP) is 2.85. The van der Waals surface area contributed by atoms with Gasteiger partial charge in [-0.3, -0.25) is 9.10 Å². The minimum Gasteiger partial charge on any atom is -0.495 e. The molecule has 0 unspecified atom stereocenters. The zero-order valence-corrected chi connectivity index (χ0v) is 16.4. The van der Waals surface area contributed by atoms with Gasteiger partial charge in [-0.15, -0.1) is 0 Å². The Labute approximate surface area is 158 Å². The molecule has 140 valence electrons. The van der Waals surface area contributed by atoms with Gasteiger partial charge in [-0.2, -0.15) is 0 Å². The van der Waals surface area contributed by atoms with E-state index in [2.05, 4.69) is 5.32 Å². The number of halogens is 1. The third kappa shape index (κ3) is 5.12. The van der Waals surface area contributed by atoms with E-state index in [4.69, 9.17) is 16.3 Å². The van der Waals surface area contributed by atoms with E-state index >= 15 is 0 Å². The maximum Gasteiger partial charge on any atom is 0.251 e. The van der Waals surface area contributed by atoms with Crippen molar-refractivity contribution in [1.29, 1.82) is 0 Å². The number of hydrogen-bond acceptors (Lipinski definition) is 4. The molecule has 0 spiro atoms. The molecule has 0 heterocycles. The maximum absolute atomic E-state index is 12.2. The lowest BCUT2D eigenvalue weighted by molar-refractivity contribution is 0.0955. The van der Waals surface area contributed by atoms with Crippen LogP contribution >= 0.6 is 11.6 Å². The molecule has 1 amide bonds. The summed E-state index contributed by atoms with van der Waals surface area (Å²) in [5.41, 5.74) is 1.75. The van der Waals surface area contributed by atoms with Gasteiger partial charge >= 0.3 is 0 Å². The van der Waals surface area contributed by atoms with Crippen molar-refractivity contribution in [3.05, 3.63) is 58.6 Å². The van der Waals surface area contributed by atoms with Crippen molar-refractivity contribution in [3.8, 4) is 5.75 Å². The van der Waals surface area contributed by atoms with Crippen molar-refractivity contribution < 1.29 is 17.9 Å². The summed E-state index contributed by atoms with van der Waals surface area (Å²) in [6.45, 7) is 2.07. The van der Waals surface area contributed by atoms with Crippen LogP contribution in [0.25, 0.3) is 0 Å². The Bertz CT molecular complexity index is 900. The van der Waals surface area contributed by atoms with Gasteiger partial charge in [0.25, 0.3) is 5.91 Å². The molecule has 0 atom stereocenters. The number of amides is 1. The lowest BCUT2D eigenvalue weighted by Crippen LogP contribution is -2.38. The highest BCUT2D eigenvalue weighted by atomic mass is 35.5. The Hall–Kier alpha value is -2.25. The minimum atomic E-state index is -3.56. The van der Waals surface area contributed by atoms with Crippen molar-refractivity contribution in [2.24, 2.45) is 0 Å². The quantitative estimate of drug-likeness (QED) is 0.780. The molecular weight excluding hydrogens is 376 g/mol. The Balaban J connectivity index is 2.15. The van der Waals surface area contributed by atoms with E-state index in [0.29, 0.717) is 22.0 Å². The molecule has 8 heteroatoms. The van der Waals surface area contributed by atoms with Gasteiger partial charge in [0.15, 0.2) is 0 Å². The summed E-state index contributed by atoms with van der Waals surface area (Å²) >= 11 is 5.88. The molecule has 0 aliphatic carbocycles. The van der Waals surface area contributed by atoms with Gasteiger partial charge in [-0.25, -0.2) is 8.42 Å². The van der Waals surface area contributed by atoms with Crippen LogP contribution in [0.5, 0.6) is 5.75 Å². The molecule has 1 N–H and O–H groups in total. The fraction of sp³-hybridized carbons (Fsp3) is 0.278. The van der Waals surface area contributed by atoms with Gasteiger partial charge in [0.1, 0.15) is 5.75 Å². The summed E-state index contributed by atoms with van der Waals surface area (Å²) in [5, 5.41) is 3.16. The number of ether oxygens (including phenoxy) is 1. The molecule has 2 aromatic carbocycles. The number of methoxy groups -OCH3 is 1. The summed E-state index contributed by atoms with van der Waals surface area (Å²) in [5.74, 6) is 0.124.